The zero-order chi connectivity index (χ0) is 13.8. The van der Waals surface area contributed by atoms with Gasteiger partial charge in [-0.25, -0.2) is 9.78 Å². The highest BCUT2D eigenvalue weighted by molar-refractivity contribution is 6.42. The van der Waals surface area contributed by atoms with Crippen molar-refractivity contribution in [3.63, 3.8) is 0 Å². The van der Waals surface area contributed by atoms with Gasteiger partial charge in [-0.1, -0.05) is 29.3 Å². The third kappa shape index (κ3) is 3.36. The van der Waals surface area contributed by atoms with Crippen molar-refractivity contribution in [1.29, 1.82) is 0 Å². The Balaban J connectivity index is 2.14. The summed E-state index contributed by atoms with van der Waals surface area (Å²) in [5.41, 5.74) is 0.462. The molecule has 2 aromatic rings. The summed E-state index contributed by atoms with van der Waals surface area (Å²) in [4.78, 5) is 14.8. The molecule has 0 aliphatic heterocycles. The molecule has 6 heteroatoms. The van der Waals surface area contributed by atoms with E-state index in [9.17, 15) is 4.79 Å². The molecule has 4 nitrogen and oxygen atoms in total. The summed E-state index contributed by atoms with van der Waals surface area (Å²) in [6.07, 6.45) is 1.42. The van der Waals surface area contributed by atoms with Gasteiger partial charge in [0.05, 0.1) is 10.0 Å². The van der Waals surface area contributed by atoms with Crippen LogP contribution in [0.4, 0.5) is 0 Å². The number of hydrogen-bond acceptors (Lipinski definition) is 3. The predicted molar refractivity (Wildman–Crippen MR) is 72.0 cm³/mol. The second-order valence-electron chi connectivity index (χ2n) is 3.68. The van der Waals surface area contributed by atoms with Crippen molar-refractivity contribution in [3.05, 3.63) is 57.8 Å². The van der Waals surface area contributed by atoms with Crippen LogP contribution in [0.15, 0.2) is 36.5 Å². The maximum atomic E-state index is 11.0. The number of benzene rings is 1. The Bertz CT molecular complexity index is 617. The molecular weight excluding hydrogens is 289 g/mol. The van der Waals surface area contributed by atoms with Gasteiger partial charge >= 0.3 is 5.97 Å². The fraction of sp³-hybridized carbons (Fsp3) is 0.0769. The average molecular weight is 298 g/mol. The van der Waals surface area contributed by atoms with Crippen molar-refractivity contribution in [1.82, 2.24) is 4.98 Å². The number of aromatic carboxylic acids is 1. The molecule has 0 saturated heterocycles. The van der Waals surface area contributed by atoms with E-state index in [1.54, 1.807) is 30.3 Å². The Kier molecular flexibility index (Phi) is 4.24. The first-order chi connectivity index (χ1) is 9.08. The van der Waals surface area contributed by atoms with Gasteiger partial charge < -0.3 is 9.84 Å². The fourth-order valence-electron chi connectivity index (χ4n) is 1.48. The molecule has 1 N–H and O–H groups in total. The molecule has 0 saturated carbocycles. The Morgan fingerprint density at radius 3 is 2.74 bits per heavy atom. The molecule has 0 amide bonds. The number of carbonyl (C=O) groups is 1. The Hall–Kier alpha value is -1.78. The van der Waals surface area contributed by atoms with Gasteiger partial charge in [0.2, 0.25) is 0 Å². The first-order valence-corrected chi connectivity index (χ1v) is 6.08. The van der Waals surface area contributed by atoms with Crippen LogP contribution < -0.4 is 4.74 Å². The Labute approximate surface area is 119 Å². The van der Waals surface area contributed by atoms with Crippen LogP contribution >= 0.6 is 23.2 Å². The summed E-state index contributed by atoms with van der Waals surface area (Å²) in [6, 6.07) is 8.14. The molecule has 0 bridgehead atoms. The standard InChI is InChI=1S/C13H9Cl2NO3/c14-10-4-3-9(6-11(10)15)19-7-8-2-1-5-16-12(8)13(17)18/h1-6H,7H2,(H,17,18). The second-order valence-corrected chi connectivity index (χ2v) is 4.50. The van der Waals surface area contributed by atoms with Crippen molar-refractivity contribution >= 4 is 29.2 Å². The SMILES string of the molecule is O=C(O)c1ncccc1COc1ccc(Cl)c(Cl)c1. The minimum absolute atomic E-state index is 0.0254. The first kappa shape index (κ1) is 13.6. The molecule has 1 aromatic carbocycles. The van der Waals surface area contributed by atoms with Gasteiger partial charge in [-0.05, 0) is 18.2 Å². The lowest BCUT2D eigenvalue weighted by molar-refractivity contribution is 0.0687. The summed E-state index contributed by atoms with van der Waals surface area (Å²) >= 11 is 11.6. The molecule has 0 aliphatic rings. The normalized spacial score (nSPS) is 10.2. The lowest BCUT2D eigenvalue weighted by Crippen LogP contribution is -2.07. The van der Waals surface area contributed by atoms with Crippen molar-refractivity contribution in [2.75, 3.05) is 0 Å². The van der Waals surface area contributed by atoms with E-state index in [0.29, 0.717) is 21.4 Å². The summed E-state index contributed by atoms with van der Waals surface area (Å²) in [6.45, 7) is 0.0907. The van der Waals surface area contributed by atoms with Gasteiger partial charge in [0.25, 0.3) is 0 Å². The van der Waals surface area contributed by atoms with Crippen LogP contribution in [0, 0.1) is 0 Å². The lowest BCUT2D eigenvalue weighted by Gasteiger charge is -2.08. The molecular formula is C13H9Cl2NO3. The molecule has 0 aliphatic carbocycles. The van der Waals surface area contributed by atoms with Crippen LogP contribution in [0.2, 0.25) is 10.0 Å². The van der Waals surface area contributed by atoms with Crippen LogP contribution in [0.5, 0.6) is 5.75 Å². The quantitative estimate of drug-likeness (QED) is 0.935. The smallest absolute Gasteiger partial charge is 0.354 e. The van der Waals surface area contributed by atoms with Crippen LogP contribution in [0.25, 0.3) is 0 Å². The summed E-state index contributed by atoms with van der Waals surface area (Å²) in [5, 5.41) is 9.80. The molecule has 2 rings (SSSR count). The van der Waals surface area contributed by atoms with Gasteiger partial charge in [0.15, 0.2) is 5.69 Å². The largest absolute Gasteiger partial charge is 0.489 e. The topological polar surface area (TPSA) is 59.4 Å². The number of halogens is 2. The van der Waals surface area contributed by atoms with E-state index < -0.39 is 5.97 Å². The second kappa shape index (κ2) is 5.91. The van der Waals surface area contributed by atoms with Gasteiger partial charge in [-0.2, -0.15) is 0 Å². The third-order valence-electron chi connectivity index (χ3n) is 2.38. The molecule has 0 unspecified atom stereocenters. The van der Waals surface area contributed by atoms with Gasteiger partial charge in [-0.3, -0.25) is 0 Å². The number of ether oxygens (including phenoxy) is 1. The highest BCUT2D eigenvalue weighted by Gasteiger charge is 2.11. The van der Waals surface area contributed by atoms with Crippen LogP contribution in [0.1, 0.15) is 16.1 Å². The number of hydrogen-bond donors (Lipinski definition) is 1. The van der Waals surface area contributed by atoms with E-state index >= 15 is 0 Å². The van der Waals surface area contributed by atoms with Crippen molar-refractivity contribution < 1.29 is 14.6 Å². The molecule has 0 spiro atoms. The molecule has 98 valence electrons. The number of rotatable bonds is 4. The fourth-order valence-corrected chi connectivity index (χ4v) is 1.76. The molecule has 1 aromatic heterocycles. The minimum Gasteiger partial charge on any atom is -0.489 e. The maximum absolute atomic E-state index is 11.0. The molecule has 0 atom stereocenters. The van der Waals surface area contributed by atoms with Gasteiger partial charge in [0, 0.05) is 17.8 Å². The number of carboxylic acids is 1. The molecule has 0 radical (unpaired) electrons. The van der Waals surface area contributed by atoms with E-state index in [0.717, 1.165) is 0 Å². The Morgan fingerprint density at radius 1 is 1.26 bits per heavy atom. The number of pyridine rings is 1. The summed E-state index contributed by atoms with van der Waals surface area (Å²) in [7, 11) is 0. The van der Waals surface area contributed by atoms with Crippen LogP contribution in [-0.4, -0.2) is 16.1 Å². The zero-order valence-corrected chi connectivity index (χ0v) is 11.1. The van der Waals surface area contributed by atoms with E-state index in [-0.39, 0.29) is 12.3 Å². The lowest BCUT2D eigenvalue weighted by atomic mass is 10.2. The summed E-state index contributed by atoms with van der Waals surface area (Å²) in [5.74, 6) is -0.581. The molecule has 0 fully saturated rings. The van der Waals surface area contributed by atoms with Crippen molar-refractivity contribution in [2.24, 2.45) is 0 Å². The van der Waals surface area contributed by atoms with E-state index in [4.69, 9.17) is 33.0 Å². The zero-order valence-electron chi connectivity index (χ0n) is 9.64. The minimum atomic E-state index is -1.09. The number of carboxylic acid groups (broad SMARTS) is 1. The highest BCUT2D eigenvalue weighted by Crippen LogP contribution is 2.26. The third-order valence-corrected chi connectivity index (χ3v) is 3.12. The van der Waals surface area contributed by atoms with E-state index in [1.807, 2.05) is 0 Å². The monoisotopic (exact) mass is 297 g/mol. The first-order valence-electron chi connectivity index (χ1n) is 5.33. The van der Waals surface area contributed by atoms with Crippen molar-refractivity contribution in [2.45, 2.75) is 6.61 Å². The highest BCUT2D eigenvalue weighted by atomic mass is 35.5. The van der Waals surface area contributed by atoms with Gasteiger partial charge in [-0.15, -0.1) is 0 Å². The summed E-state index contributed by atoms with van der Waals surface area (Å²) < 4.78 is 5.47. The molecule has 1 heterocycles. The average Bonchev–Trinajstić information content (AvgIpc) is 2.40. The molecule has 19 heavy (non-hydrogen) atoms. The van der Waals surface area contributed by atoms with Gasteiger partial charge in [0.1, 0.15) is 12.4 Å². The number of nitrogens with zero attached hydrogens (tertiary/aromatic N) is 1. The van der Waals surface area contributed by atoms with E-state index in [1.165, 1.54) is 6.20 Å². The van der Waals surface area contributed by atoms with Crippen LogP contribution in [0.3, 0.4) is 0 Å². The van der Waals surface area contributed by atoms with Crippen LogP contribution in [-0.2, 0) is 6.61 Å². The number of aromatic nitrogens is 1. The van der Waals surface area contributed by atoms with E-state index in [2.05, 4.69) is 4.98 Å². The Morgan fingerprint density at radius 2 is 2.05 bits per heavy atom. The maximum Gasteiger partial charge on any atom is 0.354 e. The predicted octanol–water partition coefficient (Wildman–Crippen LogP) is 3.67. The van der Waals surface area contributed by atoms with Crippen molar-refractivity contribution in [3.8, 4) is 5.75 Å².